The molecule has 0 aliphatic carbocycles. The molecule has 0 bridgehead atoms. The topological polar surface area (TPSA) is 92.2 Å². The van der Waals surface area contributed by atoms with Crippen molar-refractivity contribution in [1.82, 2.24) is 10.2 Å². The summed E-state index contributed by atoms with van der Waals surface area (Å²) in [4.78, 5) is 22.9. The summed E-state index contributed by atoms with van der Waals surface area (Å²) in [6.45, 7) is 1.41. The van der Waals surface area contributed by atoms with Crippen molar-refractivity contribution in [2.24, 2.45) is 0 Å². The van der Waals surface area contributed by atoms with Crippen LogP contribution in [0.3, 0.4) is 0 Å². The van der Waals surface area contributed by atoms with Crippen LogP contribution in [0.5, 0.6) is 0 Å². The van der Waals surface area contributed by atoms with Gasteiger partial charge in [-0.25, -0.2) is 4.79 Å². The number of aromatic nitrogens is 2. The van der Waals surface area contributed by atoms with E-state index in [2.05, 4.69) is 15.5 Å². The Balaban J connectivity index is 1.92. The highest BCUT2D eigenvalue weighted by Gasteiger charge is 2.09. The molecule has 0 fully saturated rings. The number of hydrogen-bond donors (Lipinski definition) is 2. The van der Waals surface area contributed by atoms with Crippen molar-refractivity contribution in [2.75, 3.05) is 5.32 Å². The van der Waals surface area contributed by atoms with Crippen LogP contribution in [0, 0.1) is 0 Å². The van der Waals surface area contributed by atoms with Gasteiger partial charge in [0.2, 0.25) is 11.0 Å². The summed E-state index contributed by atoms with van der Waals surface area (Å²) >= 11 is 3.99. The molecule has 0 aromatic carbocycles. The van der Waals surface area contributed by atoms with Gasteiger partial charge < -0.3 is 10.4 Å². The van der Waals surface area contributed by atoms with Gasteiger partial charge in [-0.2, -0.15) is 0 Å². The van der Waals surface area contributed by atoms with E-state index in [0.29, 0.717) is 15.8 Å². The van der Waals surface area contributed by atoms with Crippen molar-refractivity contribution < 1.29 is 14.7 Å². The van der Waals surface area contributed by atoms with Crippen molar-refractivity contribution in [1.29, 1.82) is 0 Å². The van der Waals surface area contributed by atoms with Gasteiger partial charge in [0.1, 0.15) is 4.88 Å². The van der Waals surface area contributed by atoms with E-state index in [9.17, 15) is 9.59 Å². The van der Waals surface area contributed by atoms with Gasteiger partial charge in [0.15, 0.2) is 4.34 Å². The number of rotatable bonds is 5. The molecule has 0 saturated heterocycles. The average Bonchev–Trinajstić information content (AvgIpc) is 2.94. The first-order valence-corrected chi connectivity index (χ1v) is 7.72. The SMILES string of the molecule is CC(=O)Nc1nnc(SCc2ccc(C(=O)O)s2)s1. The van der Waals surface area contributed by atoms with Gasteiger partial charge in [0.25, 0.3) is 0 Å². The maximum atomic E-state index is 10.8. The monoisotopic (exact) mass is 315 g/mol. The van der Waals surface area contributed by atoms with Crippen molar-refractivity contribution in [2.45, 2.75) is 17.0 Å². The van der Waals surface area contributed by atoms with E-state index in [1.807, 2.05) is 0 Å². The molecule has 0 unspecified atom stereocenters. The Morgan fingerprint density at radius 2 is 2.16 bits per heavy atom. The van der Waals surface area contributed by atoms with Crippen LogP contribution in [0.15, 0.2) is 16.5 Å². The minimum Gasteiger partial charge on any atom is -0.477 e. The van der Waals surface area contributed by atoms with E-state index in [1.165, 1.54) is 41.4 Å². The molecule has 0 spiro atoms. The van der Waals surface area contributed by atoms with Crippen LogP contribution in [0.25, 0.3) is 0 Å². The molecule has 2 aromatic rings. The molecule has 9 heteroatoms. The number of nitrogens with zero attached hydrogens (tertiary/aromatic N) is 2. The molecule has 0 atom stereocenters. The van der Waals surface area contributed by atoms with Crippen LogP contribution < -0.4 is 5.32 Å². The first kappa shape index (κ1) is 14.0. The maximum absolute atomic E-state index is 10.8. The number of carbonyl (C=O) groups is 2. The largest absolute Gasteiger partial charge is 0.477 e. The van der Waals surface area contributed by atoms with Crippen LogP contribution in [0.4, 0.5) is 5.13 Å². The molecular formula is C10H9N3O3S3. The van der Waals surface area contributed by atoms with Gasteiger partial charge in [-0.15, -0.1) is 21.5 Å². The fourth-order valence-electron chi connectivity index (χ4n) is 1.17. The Morgan fingerprint density at radius 1 is 1.37 bits per heavy atom. The van der Waals surface area contributed by atoms with Crippen LogP contribution in [-0.4, -0.2) is 27.2 Å². The molecule has 0 aliphatic rings. The van der Waals surface area contributed by atoms with Crippen LogP contribution >= 0.6 is 34.4 Å². The Hall–Kier alpha value is -1.45. The lowest BCUT2D eigenvalue weighted by Crippen LogP contribution is -2.04. The first-order valence-electron chi connectivity index (χ1n) is 5.10. The summed E-state index contributed by atoms with van der Waals surface area (Å²) in [5.74, 6) is -0.464. The van der Waals surface area contributed by atoms with Crippen LogP contribution in [0.2, 0.25) is 0 Å². The maximum Gasteiger partial charge on any atom is 0.345 e. The second kappa shape index (κ2) is 6.13. The second-order valence-electron chi connectivity index (χ2n) is 3.41. The standard InChI is InChI=1S/C10H9N3O3S3/c1-5(14)11-9-12-13-10(19-9)17-4-6-2-3-7(18-6)8(15)16/h2-3H,4H2,1H3,(H,15,16)(H,11,12,14). The van der Waals surface area contributed by atoms with Crippen LogP contribution in [-0.2, 0) is 10.5 Å². The summed E-state index contributed by atoms with van der Waals surface area (Å²) in [7, 11) is 0. The highest BCUT2D eigenvalue weighted by molar-refractivity contribution is 8.00. The minimum atomic E-state index is -0.912. The highest BCUT2D eigenvalue weighted by atomic mass is 32.2. The fraction of sp³-hybridized carbons (Fsp3) is 0.200. The Morgan fingerprint density at radius 3 is 2.79 bits per heavy atom. The van der Waals surface area contributed by atoms with Gasteiger partial charge in [-0.1, -0.05) is 23.1 Å². The first-order chi connectivity index (χ1) is 9.04. The number of hydrogen-bond acceptors (Lipinski definition) is 7. The van der Waals surface area contributed by atoms with Gasteiger partial charge in [-0.05, 0) is 12.1 Å². The number of thioether (sulfide) groups is 1. The third kappa shape index (κ3) is 4.01. The number of nitrogens with one attached hydrogen (secondary N) is 1. The molecule has 2 heterocycles. The number of carbonyl (C=O) groups excluding carboxylic acids is 1. The third-order valence-corrected chi connectivity index (χ3v) is 5.18. The Kier molecular flexibility index (Phi) is 4.51. The number of carboxylic acids is 1. The molecular weight excluding hydrogens is 306 g/mol. The lowest BCUT2D eigenvalue weighted by atomic mass is 10.4. The van der Waals surface area contributed by atoms with Crippen molar-refractivity contribution in [3.05, 3.63) is 21.9 Å². The van der Waals surface area contributed by atoms with Crippen molar-refractivity contribution in [3.8, 4) is 0 Å². The molecule has 0 radical (unpaired) electrons. The summed E-state index contributed by atoms with van der Waals surface area (Å²) in [6.07, 6.45) is 0. The number of anilines is 1. The summed E-state index contributed by atoms with van der Waals surface area (Å²) < 4.78 is 0.731. The molecule has 1 amide bonds. The van der Waals surface area contributed by atoms with Gasteiger partial charge >= 0.3 is 5.97 Å². The number of amides is 1. The van der Waals surface area contributed by atoms with Crippen molar-refractivity contribution in [3.63, 3.8) is 0 Å². The van der Waals surface area contributed by atoms with E-state index in [4.69, 9.17) is 5.11 Å². The van der Waals surface area contributed by atoms with E-state index in [1.54, 1.807) is 12.1 Å². The summed E-state index contributed by atoms with van der Waals surface area (Å²) in [5, 5.41) is 19.6. The molecule has 19 heavy (non-hydrogen) atoms. The van der Waals surface area contributed by atoms with Gasteiger partial charge in [-0.3, -0.25) is 4.79 Å². The molecule has 0 saturated carbocycles. The average molecular weight is 315 g/mol. The molecule has 6 nitrogen and oxygen atoms in total. The zero-order valence-corrected chi connectivity index (χ0v) is 12.2. The van der Waals surface area contributed by atoms with Crippen molar-refractivity contribution >= 4 is 51.4 Å². The molecule has 2 N–H and O–H groups in total. The number of thiophene rings is 1. The Labute approximate surface area is 120 Å². The van der Waals surface area contributed by atoms with Gasteiger partial charge in [0, 0.05) is 17.6 Å². The van der Waals surface area contributed by atoms with E-state index in [0.717, 1.165) is 9.22 Å². The Bertz CT molecular complexity index is 608. The smallest absolute Gasteiger partial charge is 0.345 e. The van der Waals surface area contributed by atoms with E-state index in [-0.39, 0.29) is 5.91 Å². The predicted octanol–water partition coefficient (Wildman–Crippen LogP) is 2.55. The molecule has 0 aliphatic heterocycles. The number of carboxylic acid groups (broad SMARTS) is 1. The quantitative estimate of drug-likeness (QED) is 0.651. The highest BCUT2D eigenvalue weighted by Crippen LogP contribution is 2.30. The molecule has 2 aromatic heterocycles. The zero-order chi connectivity index (χ0) is 13.8. The lowest BCUT2D eigenvalue weighted by Gasteiger charge is -1.93. The van der Waals surface area contributed by atoms with E-state index >= 15 is 0 Å². The van der Waals surface area contributed by atoms with E-state index < -0.39 is 5.97 Å². The summed E-state index contributed by atoms with van der Waals surface area (Å²) in [6, 6.07) is 3.38. The van der Waals surface area contributed by atoms with Crippen LogP contribution in [0.1, 0.15) is 21.5 Å². The minimum absolute atomic E-state index is 0.183. The molecule has 100 valence electrons. The normalized spacial score (nSPS) is 10.4. The van der Waals surface area contributed by atoms with Gasteiger partial charge in [0.05, 0.1) is 0 Å². The second-order valence-corrected chi connectivity index (χ2v) is 6.78. The lowest BCUT2D eigenvalue weighted by molar-refractivity contribution is -0.114. The number of aromatic carboxylic acids is 1. The predicted molar refractivity (Wildman–Crippen MR) is 75.1 cm³/mol. The summed E-state index contributed by atoms with van der Waals surface area (Å²) in [5.41, 5.74) is 0. The fourth-order valence-corrected chi connectivity index (χ4v) is 3.86. The zero-order valence-electron chi connectivity index (χ0n) is 9.74. The molecule has 2 rings (SSSR count). The third-order valence-electron chi connectivity index (χ3n) is 1.90.